The minimum atomic E-state index is -3.32. The first kappa shape index (κ1) is 15.1. The maximum absolute atomic E-state index is 11.1. The average molecular weight is 324 g/mol. The van der Waals surface area contributed by atoms with E-state index in [9.17, 15) is 8.42 Å². The van der Waals surface area contributed by atoms with Gasteiger partial charge in [-0.1, -0.05) is 11.6 Å². The monoisotopic (exact) mass is 323 g/mol. The fourth-order valence-electron chi connectivity index (χ4n) is 1.52. The highest BCUT2D eigenvalue weighted by molar-refractivity contribution is 7.92. The number of halogens is 1. The number of nitrogens with zero attached hydrogens (tertiary/aromatic N) is 2. The zero-order chi connectivity index (χ0) is 15.5. The van der Waals surface area contributed by atoms with E-state index in [-0.39, 0.29) is 11.0 Å². The van der Waals surface area contributed by atoms with Gasteiger partial charge in [0.1, 0.15) is 10.9 Å². The molecule has 6 nitrogen and oxygen atoms in total. The molecule has 1 aromatic heterocycles. The fraction of sp³-hybridized carbons (Fsp3) is 0.0769. The van der Waals surface area contributed by atoms with Gasteiger partial charge in [0, 0.05) is 11.8 Å². The predicted molar refractivity (Wildman–Crippen MR) is 78.9 cm³/mol. The number of rotatable bonds is 4. The Kier molecular flexibility index (Phi) is 4.31. The number of anilines is 1. The van der Waals surface area contributed by atoms with Gasteiger partial charge in [-0.25, -0.2) is 13.4 Å². The van der Waals surface area contributed by atoms with Crippen molar-refractivity contribution in [2.45, 2.75) is 0 Å². The van der Waals surface area contributed by atoms with E-state index in [0.29, 0.717) is 17.0 Å². The van der Waals surface area contributed by atoms with Crippen LogP contribution in [0.15, 0.2) is 36.4 Å². The molecule has 0 saturated carbocycles. The van der Waals surface area contributed by atoms with Crippen molar-refractivity contribution in [2.75, 3.05) is 11.0 Å². The van der Waals surface area contributed by atoms with Crippen LogP contribution >= 0.6 is 11.6 Å². The zero-order valence-electron chi connectivity index (χ0n) is 10.9. The summed E-state index contributed by atoms with van der Waals surface area (Å²) in [4.78, 5) is 3.94. The summed E-state index contributed by atoms with van der Waals surface area (Å²) in [7, 11) is -3.32. The van der Waals surface area contributed by atoms with Crippen molar-refractivity contribution >= 4 is 27.3 Å². The van der Waals surface area contributed by atoms with Gasteiger partial charge >= 0.3 is 0 Å². The number of aromatic nitrogens is 1. The fourth-order valence-corrected chi connectivity index (χ4v) is 2.28. The summed E-state index contributed by atoms with van der Waals surface area (Å²) in [6, 6.07) is 11.1. The maximum Gasteiger partial charge on any atom is 0.229 e. The van der Waals surface area contributed by atoms with Gasteiger partial charge in [-0.2, -0.15) is 5.26 Å². The van der Waals surface area contributed by atoms with Crippen LogP contribution in [0.2, 0.25) is 5.15 Å². The van der Waals surface area contributed by atoms with Gasteiger partial charge in [0.15, 0.2) is 0 Å². The number of ether oxygens (including phenoxy) is 1. The number of benzene rings is 1. The van der Waals surface area contributed by atoms with Crippen LogP contribution < -0.4 is 9.46 Å². The second-order valence-corrected chi connectivity index (χ2v) is 6.26. The standard InChI is InChI=1S/C13H10ClN3O3S/c1-21(18,19)17-10-2-4-11(5-3-10)20-13-7-9(8-15)6-12(14)16-13/h2-7,17H,1H3. The van der Waals surface area contributed by atoms with Crippen molar-refractivity contribution in [3.05, 3.63) is 47.1 Å². The van der Waals surface area contributed by atoms with E-state index >= 15 is 0 Å². The molecule has 0 aliphatic rings. The first-order valence-corrected chi connectivity index (χ1v) is 7.96. The van der Waals surface area contributed by atoms with E-state index in [1.165, 1.54) is 12.1 Å². The summed E-state index contributed by atoms with van der Waals surface area (Å²) >= 11 is 5.77. The highest BCUT2D eigenvalue weighted by Crippen LogP contribution is 2.24. The molecule has 0 atom stereocenters. The van der Waals surface area contributed by atoms with Crippen molar-refractivity contribution in [3.8, 4) is 17.7 Å². The number of pyridine rings is 1. The summed E-state index contributed by atoms with van der Waals surface area (Å²) in [6.45, 7) is 0. The highest BCUT2D eigenvalue weighted by atomic mass is 35.5. The number of hydrogen-bond acceptors (Lipinski definition) is 5. The van der Waals surface area contributed by atoms with Crippen LogP contribution in [0.1, 0.15) is 5.56 Å². The van der Waals surface area contributed by atoms with E-state index < -0.39 is 10.0 Å². The summed E-state index contributed by atoms with van der Waals surface area (Å²) in [5.74, 6) is 0.621. The third-order valence-corrected chi connectivity index (χ3v) is 3.08. The van der Waals surface area contributed by atoms with Crippen LogP contribution in [0.3, 0.4) is 0 Å². The van der Waals surface area contributed by atoms with Crippen molar-refractivity contribution in [1.82, 2.24) is 4.98 Å². The molecule has 2 aromatic rings. The number of sulfonamides is 1. The molecular weight excluding hydrogens is 314 g/mol. The van der Waals surface area contributed by atoms with Gasteiger partial charge in [0.2, 0.25) is 15.9 Å². The summed E-state index contributed by atoms with van der Waals surface area (Å²) in [5, 5.41) is 8.99. The first-order valence-electron chi connectivity index (χ1n) is 5.69. The van der Waals surface area contributed by atoms with E-state index in [0.717, 1.165) is 6.26 Å². The molecule has 1 heterocycles. The van der Waals surface area contributed by atoms with Gasteiger partial charge in [0.25, 0.3) is 0 Å². The molecule has 0 aliphatic carbocycles. The topological polar surface area (TPSA) is 92.1 Å². The van der Waals surface area contributed by atoms with Gasteiger partial charge in [-0.05, 0) is 30.3 Å². The summed E-state index contributed by atoms with van der Waals surface area (Å²) in [6.07, 6.45) is 1.07. The maximum atomic E-state index is 11.1. The third kappa shape index (κ3) is 4.63. The van der Waals surface area contributed by atoms with Gasteiger partial charge < -0.3 is 4.74 Å². The Hall–Kier alpha value is -2.30. The van der Waals surface area contributed by atoms with E-state index in [4.69, 9.17) is 21.6 Å². The van der Waals surface area contributed by atoms with Crippen LogP contribution in [-0.4, -0.2) is 19.7 Å². The molecule has 21 heavy (non-hydrogen) atoms. The Labute approximate surface area is 127 Å². The molecule has 8 heteroatoms. The second kappa shape index (κ2) is 5.99. The smallest absolute Gasteiger partial charge is 0.229 e. The highest BCUT2D eigenvalue weighted by Gasteiger charge is 2.05. The lowest BCUT2D eigenvalue weighted by Gasteiger charge is -2.07. The summed E-state index contributed by atoms with van der Waals surface area (Å²) < 4.78 is 30.0. The molecule has 0 spiro atoms. The molecular formula is C13H10ClN3O3S. The molecule has 1 aromatic carbocycles. The Bertz CT molecular complexity index is 798. The lowest BCUT2D eigenvalue weighted by Crippen LogP contribution is -2.09. The Morgan fingerprint density at radius 3 is 2.52 bits per heavy atom. The molecule has 0 amide bonds. The number of nitrogens with one attached hydrogen (secondary N) is 1. The average Bonchev–Trinajstić information content (AvgIpc) is 2.38. The van der Waals surface area contributed by atoms with Crippen molar-refractivity contribution in [3.63, 3.8) is 0 Å². The zero-order valence-corrected chi connectivity index (χ0v) is 12.4. The first-order chi connectivity index (χ1) is 9.85. The second-order valence-electron chi connectivity index (χ2n) is 4.13. The van der Waals surface area contributed by atoms with E-state index in [1.807, 2.05) is 6.07 Å². The Balaban J connectivity index is 2.17. The largest absolute Gasteiger partial charge is 0.439 e. The van der Waals surface area contributed by atoms with Gasteiger partial charge in [0.05, 0.1) is 17.9 Å². The van der Waals surface area contributed by atoms with Crippen LogP contribution in [-0.2, 0) is 10.0 Å². The molecule has 0 radical (unpaired) electrons. The third-order valence-electron chi connectivity index (χ3n) is 2.28. The minimum absolute atomic E-state index is 0.152. The number of nitriles is 1. The van der Waals surface area contributed by atoms with Crippen LogP contribution in [0.25, 0.3) is 0 Å². The molecule has 2 rings (SSSR count). The molecule has 0 saturated heterocycles. The van der Waals surface area contributed by atoms with Crippen LogP contribution in [0.4, 0.5) is 5.69 Å². The van der Waals surface area contributed by atoms with E-state index in [1.54, 1.807) is 24.3 Å². The lowest BCUT2D eigenvalue weighted by molar-refractivity contribution is 0.463. The normalized spacial score (nSPS) is 10.7. The minimum Gasteiger partial charge on any atom is -0.439 e. The SMILES string of the molecule is CS(=O)(=O)Nc1ccc(Oc2cc(C#N)cc(Cl)n2)cc1. The molecule has 108 valence electrons. The van der Waals surface area contributed by atoms with Gasteiger partial charge in [-0.15, -0.1) is 0 Å². The molecule has 0 bridgehead atoms. The van der Waals surface area contributed by atoms with E-state index in [2.05, 4.69) is 9.71 Å². The lowest BCUT2D eigenvalue weighted by atomic mass is 10.3. The number of hydrogen-bond donors (Lipinski definition) is 1. The predicted octanol–water partition coefficient (Wildman–Crippen LogP) is 2.77. The van der Waals surface area contributed by atoms with Gasteiger partial charge in [-0.3, -0.25) is 4.72 Å². The molecule has 1 N–H and O–H groups in total. The molecule has 0 aliphatic heterocycles. The summed E-state index contributed by atoms with van der Waals surface area (Å²) in [5.41, 5.74) is 0.752. The molecule has 0 unspecified atom stereocenters. The van der Waals surface area contributed by atoms with Crippen LogP contribution in [0, 0.1) is 11.3 Å². The van der Waals surface area contributed by atoms with Crippen molar-refractivity contribution < 1.29 is 13.2 Å². The quantitative estimate of drug-likeness (QED) is 0.873. The molecule has 0 fully saturated rings. The van der Waals surface area contributed by atoms with Crippen molar-refractivity contribution in [1.29, 1.82) is 5.26 Å². The van der Waals surface area contributed by atoms with Crippen LogP contribution in [0.5, 0.6) is 11.6 Å². The Morgan fingerprint density at radius 1 is 1.29 bits per heavy atom. The van der Waals surface area contributed by atoms with Crippen molar-refractivity contribution in [2.24, 2.45) is 0 Å². The Morgan fingerprint density at radius 2 is 1.95 bits per heavy atom.